The van der Waals surface area contributed by atoms with Crippen molar-refractivity contribution in [3.8, 4) is 28.8 Å². The summed E-state index contributed by atoms with van der Waals surface area (Å²) in [5, 5.41) is 19.5. The Morgan fingerprint density at radius 3 is 2.53 bits per heavy atom. The summed E-state index contributed by atoms with van der Waals surface area (Å²) in [5.74, 6) is 0.720. The molecule has 0 saturated heterocycles. The molecule has 1 aromatic heterocycles. The monoisotopic (exact) mass is 430 g/mol. The summed E-state index contributed by atoms with van der Waals surface area (Å²) in [5.41, 5.74) is 5.37. The van der Waals surface area contributed by atoms with Gasteiger partial charge in [0, 0.05) is 11.1 Å². The maximum absolute atomic E-state index is 12.8. The molecular weight excluding hydrogens is 404 g/mol. The van der Waals surface area contributed by atoms with Crippen LogP contribution in [0.5, 0.6) is 11.5 Å². The lowest BCUT2D eigenvalue weighted by molar-refractivity contribution is -0.117. The molecule has 0 unspecified atom stereocenters. The average molecular weight is 431 g/mol. The van der Waals surface area contributed by atoms with Gasteiger partial charge in [-0.3, -0.25) is 9.89 Å². The number of hydrogen-bond acceptors (Lipinski definition) is 5. The first-order valence-electron chi connectivity index (χ1n) is 10.1. The molecule has 0 aliphatic rings. The van der Waals surface area contributed by atoms with Crippen LogP contribution in [0.15, 0.2) is 48.2 Å². The summed E-state index contributed by atoms with van der Waals surface area (Å²) < 4.78 is 10.6. The van der Waals surface area contributed by atoms with Crippen molar-refractivity contribution >= 4 is 12.0 Å². The van der Waals surface area contributed by atoms with E-state index < -0.39 is 5.91 Å². The van der Waals surface area contributed by atoms with Gasteiger partial charge in [0.15, 0.2) is 11.5 Å². The lowest BCUT2D eigenvalue weighted by Crippen LogP contribution is -2.27. The molecule has 0 spiro atoms. The Hall–Kier alpha value is -4.05. The van der Waals surface area contributed by atoms with Gasteiger partial charge in [-0.2, -0.15) is 10.4 Å². The van der Waals surface area contributed by atoms with Gasteiger partial charge in [-0.25, -0.2) is 0 Å². The highest BCUT2D eigenvalue weighted by Gasteiger charge is 2.17. The molecule has 0 aliphatic carbocycles. The van der Waals surface area contributed by atoms with Gasteiger partial charge in [-0.15, -0.1) is 0 Å². The number of ether oxygens (including phenoxy) is 2. The number of H-pyrrole nitrogens is 1. The van der Waals surface area contributed by atoms with Crippen LogP contribution in [0.1, 0.15) is 35.2 Å². The Morgan fingerprint density at radius 1 is 1.12 bits per heavy atom. The zero-order valence-corrected chi connectivity index (χ0v) is 18.8. The molecule has 1 heterocycles. The van der Waals surface area contributed by atoms with E-state index in [0.717, 1.165) is 16.7 Å². The summed E-state index contributed by atoms with van der Waals surface area (Å²) in [4.78, 5) is 12.8. The maximum Gasteiger partial charge on any atom is 0.262 e. The van der Waals surface area contributed by atoms with Gasteiger partial charge >= 0.3 is 0 Å². The molecule has 0 fully saturated rings. The lowest BCUT2D eigenvalue weighted by atomic mass is 10.0. The molecule has 3 aromatic rings. The van der Waals surface area contributed by atoms with E-state index in [1.54, 1.807) is 32.5 Å². The van der Waals surface area contributed by atoms with Crippen molar-refractivity contribution in [3.05, 3.63) is 70.4 Å². The normalized spacial score (nSPS) is 12.1. The fraction of sp³-hybridized carbons (Fsp3) is 0.240. The molecule has 1 atom stereocenters. The number of nitriles is 1. The number of aryl methyl sites for hydroxylation is 2. The topological polar surface area (TPSA) is 100 Å². The quantitative estimate of drug-likeness (QED) is 0.425. The van der Waals surface area contributed by atoms with Crippen LogP contribution in [-0.2, 0) is 4.79 Å². The van der Waals surface area contributed by atoms with Crippen molar-refractivity contribution < 1.29 is 14.3 Å². The smallest absolute Gasteiger partial charge is 0.262 e. The van der Waals surface area contributed by atoms with Crippen molar-refractivity contribution in [2.45, 2.75) is 26.8 Å². The second-order valence-corrected chi connectivity index (χ2v) is 7.48. The van der Waals surface area contributed by atoms with E-state index in [0.29, 0.717) is 22.8 Å². The first-order valence-corrected chi connectivity index (χ1v) is 10.1. The number of rotatable bonds is 7. The van der Waals surface area contributed by atoms with E-state index in [2.05, 4.69) is 15.5 Å². The molecule has 3 rings (SSSR count). The Bertz CT molecular complexity index is 1200. The van der Waals surface area contributed by atoms with Crippen LogP contribution >= 0.6 is 0 Å². The molecule has 164 valence electrons. The van der Waals surface area contributed by atoms with E-state index in [4.69, 9.17) is 9.47 Å². The molecule has 2 N–H and O–H groups in total. The number of nitrogens with zero attached hydrogens (tertiary/aromatic N) is 2. The molecule has 2 aromatic carbocycles. The van der Waals surface area contributed by atoms with E-state index >= 15 is 0 Å². The van der Waals surface area contributed by atoms with Crippen LogP contribution in [0.25, 0.3) is 17.3 Å². The number of hydrogen-bond donors (Lipinski definition) is 2. The summed E-state index contributed by atoms with van der Waals surface area (Å²) in [6.07, 6.45) is 3.10. The van der Waals surface area contributed by atoms with Gasteiger partial charge < -0.3 is 14.8 Å². The third-order valence-corrected chi connectivity index (χ3v) is 5.38. The minimum absolute atomic E-state index is 0.0104. The molecule has 0 saturated carbocycles. The standard InChI is InChI=1S/C25H26N4O3/c1-15-6-7-18(10-16(15)2)17(3)28-25(30)20(13-26)11-21-14-27-29-24(21)19-8-9-22(31-4)23(12-19)32-5/h6-12,14,17H,1-5H3,(H,27,29)(H,28,30)/b20-11-/t17-/m0/s1. The molecule has 0 aliphatic heterocycles. The molecule has 7 heteroatoms. The van der Waals surface area contributed by atoms with Crippen LogP contribution in [0.2, 0.25) is 0 Å². The summed E-state index contributed by atoms with van der Waals surface area (Å²) >= 11 is 0. The predicted molar refractivity (Wildman–Crippen MR) is 123 cm³/mol. The van der Waals surface area contributed by atoms with Gasteiger partial charge in [0.2, 0.25) is 0 Å². The highest BCUT2D eigenvalue weighted by Crippen LogP contribution is 2.33. The third-order valence-electron chi connectivity index (χ3n) is 5.38. The minimum Gasteiger partial charge on any atom is -0.493 e. The highest BCUT2D eigenvalue weighted by molar-refractivity contribution is 6.02. The van der Waals surface area contributed by atoms with Crippen LogP contribution in [-0.4, -0.2) is 30.3 Å². The van der Waals surface area contributed by atoms with Crippen molar-refractivity contribution in [1.29, 1.82) is 5.26 Å². The van der Waals surface area contributed by atoms with Crippen LogP contribution < -0.4 is 14.8 Å². The second kappa shape index (κ2) is 9.84. The largest absolute Gasteiger partial charge is 0.493 e. The third kappa shape index (κ3) is 4.81. The lowest BCUT2D eigenvalue weighted by Gasteiger charge is -2.15. The number of methoxy groups -OCH3 is 2. The Labute approximate surface area is 187 Å². The Balaban J connectivity index is 1.86. The zero-order valence-electron chi connectivity index (χ0n) is 18.8. The molecule has 7 nitrogen and oxygen atoms in total. The molecule has 0 radical (unpaired) electrons. The highest BCUT2D eigenvalue weighted by atomic mass is 16.5. The number of carbonyl (C=O) groups excluding carboxylic acids is 1. The van der Waals surface area contributed by atoms with Crippen molar-refractivity contribution in [2.75, 3.05) is 14.2 Å². The van der Waals surface area contributed by atoms with Crippen molar-refractivity contribution in [3.63, 3.8) is 0 Å². The second-order valence-electron chi connectivity index (χ2n) is 7.48. The number of amides is 1. The summed E-state index contributed by atoms with van der Waals surface area (Å²) in [7, 11) is 3.13. The maximum atomic E-state index is 12.8. The number of aromatic amines is 1. The summed E-state index contributed by atoms with van der Waals surface area (Å²) in [6, 6.07) is 13.2. The van der Waals surface area contributed by atoms with E-state index in [1.165, 1.54) is 11.6 Å². The zero-order chi connectivity index (χ0) is 23.3. The molecule has 32 heavy (non-hydrogen) atoms. The molecule has 1 amide bonds. The van der Waals surface area contributed by atoms with E-state index in [9.17, 15) is 10.1 Å². The SMILES string of the molecule is COc1ccc(-c2[nH]ncc2/C=C(/C#N)C(=O)N[C@@H](C)c2ccc(C)c(C)c2)cc1OC. The van der Waals surface area contributed by atoms with Crippen LogP contribution in [0, 0.1) is 25.2 Å². The fourth-order valence-corrected chi connectivity index (χ4v) is 3.32. The fourth-order valence-electron chi connectivity index (χ4n) is 3.32. The summed E-state index contributed by atoms with van der Waals surface area (Å²) in [6.45, 7) is 5.96. The minimum atomic E-state index is -0.447. The first kappa shape index (κ1) is 22.6. The van der Waals surface area contributed by atoms with Crippen molar-refractivity contribution in [1.82, 2.24) is 15.5 Å². The van der Waals surface area contributed by atoms with Gasteiger partial charge in [-0.1, -0.05) is 18.2 Å². The average Bonchev–Trinajstić information content (AvgIpc) is 3.26. The first-order chi connectivity index (χ1) is 15.4. The Kier molecular flexibility index (Phi) is 6.96. The Morgan fingerprint density at radius 2 is 1.88 bits per heavy atom. The van der Waals surface area contributed by atoms with E-state index in [1.807, 2.05) is 51.1 Å². The van der Waals surface area contributed by atoms with Gasteiger partial charge in [-0.05, 0) is 61.7 Å². The molecular formula is C25H26N4O3. The van der Waals surface area contributed by atoms with Gasteiger partial charge in [0.05, 0.1) is 32.2 Å². The van der Waals surface area contributed by atoms with Gasteiger partial charge in [0.25, 0.3) is 5.91 Å². The van der Waals surface area contributed by atoms with Crippen LogP contribution in [0.3, 0.4) is 0 Å². The number of benzene rings is 2. The number of aromatic nitrogens is 2. The van der Waals surface area contributed by atoms with E-state index in [-0.39, 0.29) is 11.6 Å². The van der Waals surface area contributed by atoms with Gasteiger partial charge in [0.1, 0.15) is 11.6 Å². The predicted octanol–water partition coefficient (Wildman–Crippen LogP) is 4.50. The number of nitrogens with one attached hydrogen (secondary N) is 2. The molecule has 0 bridgehead atoms. The van der Waals surface area contributed by atoms with Crippen molar-refractivity contribution in [2.24, 2.45) is 0 Å². The number of carbonyl (C=O) groups is 1. The van der Waals surface area contributed by atoms with Crippen LogP contribution in [0.4, 0.5) is 0 Å².